The number of nitro groups is 2. The fraction of sp³-hybridized carbons (Fsp3) is 0.0625. The predicted octanol–water partition coefficient (Wildman–Crippen LogP) is 4.88. The highest BCUT2D eigenvalue weighted by Crippen LogP contribution is 2.33. The van der Waals surface area contributed by atoms with E-state index in [4.69, 9.17) is 20.5 Å². The van der Waals surface area contributed by atoms with Crippen molar-refractivity contribution >= 4 is 35.1 Å². The van der Waals surface area contributed by atoms with Crippen LogP contribution in [-0.4, -0.2) is 15.0 Å². The molecule has 0 aliphatic carbocycles. The van der Waals surface area contributed by atoms with Crippen molar-refractivity contribution in [2.24, 2.45) is 0 Å². The highest BCUT2D eigenvalue weighted by molar-refractivity contribution is 6.33. The van der Waals surface area contributed by atoms with Gasteiger partial charge in [-0.1, -0.05) is 16.8 Å². The van der Waals surface area contributed by atoms with Gasteiger partial charge < -0.3 is 8.94 Å². The summed E-state index contributed by atoms with van der Waals surface area (Å²) in [6.45, 7) is 1.47. The number of hydrogen-bond acceptors (Lipinski definition) is 7. The third-order valence-electron chi connectivity index (χ3n) is 3.49. The summed E-state index contributed by atoms with van der Waals surface area (Å²) in [6, 6.07) is 7.19. The molecule has 0 saturated carbocycles. The van der Waals surface area contributed by atoms with Crippen molar-refractivity contribution in [3.05, 3.63) is 72.8 Å². The van der Waals surface area contributed by atoms with Crippen LogP contribution in [0.1, 0.15) is 17.2 Å². The van der Waals surface area contributed by atoms with E-state index in [2.05, 4.69) is 5.16 Å². The van der Waals surface area contributed by atoms with Crippen LogP contribution in [0.2, 0.25) is 5.02 Å². The van der Waals surface area contributed by atoms with E-state index >= 15 is 0 Å². The number of rotatable bonds is 5. The van der Waals surface area contributed by atoms with Gasteiger partial charge in [-0.15, -0.1) is 0 Å². The molecule has 0 aliphatic rings. The maximum atomic E-state index is 11.0. The van der Waals surface area contributed by atoms with Crippen molar-refractivity contribution < 1.29 is 18.8 Å². The first-order valence-electron chi connectivity index (χ1n) is 7.19. The van der Waals surface area contributed by atoms with Crippen molar-refractivity contribution in [2.45, 2.75) is 6.92 Å². The van der Waals surface area contributed by atoms with E-state index < -0.39 is 9.85 Å². The Labute approximate surface area is 150 Å². The molecule has 0 spiro atoms. The molecule has 1 aromatic carbocycles. The molecular weight excluding hydrogens is 366 g/mol. The SMILES string of the molecule is Cc1noc(/C=C\c2ccc(-c3cc([N+](=O)[O-])ccc3Cl)o2)c1[N+](=O)[O-]. The number of non-ortho nitro benzene ring substituents is 1. The molecule has 0 fully saturated rings. The summed E-state index contributed by atoms with van der Waals surface area (Å²) in [6.07, 6.45) is 2.82. The molecule has 0 aliphatic heterocycles. The lowest BCUT2D eigenvalue weighted by Gasteiger charge is -2.00. The summed E-state index contributed by atoms with van der Waals surface area (Å²) in [5.74, 6) is 0.659. The second-order valence-corrected chi connectivity index (χ2v) is 5.60. The minimum absolute atomic E-state index is 0.0150. The third kappa shape index (κ3) is 3.33. The Balaban J connectivity index is 1.91. The number of aryl methyl sites for hydroxylation is 1. The lowest BCUT2D eigenvalue weighted by Crippen LogP contribution is -1.90. The molecule has 26 heavy (non-hydrogen) atoms. The minimum Gasteiger partial charge on any atom is -0.457 e. The van der Waals surface area contributed by atoms with Crippen molar-refractivity contribution in [3.63, 3.8) is 0 Å². The molecule has 2 heterocycles. The van der Waals surface area contributed by atoms with Crippen molar-refractivity contribution in [2.75, 3.05) is 0 Å². The van der Waals surface area contributed by atoms with Crippen molar-refractivity contribution in [3.8, 4) is 11.3 Å². The van der Waals surface area contributed by atoms with E-state index in [1.54, 1.807) is 12.1 Å². The smallest absolute Gasteiger partial charge is 0.338 e. The topological polar surface area (TPSA) is 125 Å². The zero-order valence-electron chi connectivity index (χ0n) is 13.2. The standard InChI is InChI=1S/C16H10ClN3O6/c1-9-16(20(23)24)15(26-18-9)7-4-11-3-6-14(25-11)12-8-10(19(21)22)2-5-13(12)17/h2-8H,1H3/b7-4-. The number of hydrogen-bond donors (Lipinski definition) is 0. The van der Waals surface area contributed by atoms with Crippen molar-refractivity contribution in [1.82, 2.24) is 5.16 Å². The number of aromatic nitrogens is 1. The van der Waals surface area contributed by atoms with Gasteiger partial charge >= 0.3 is 5.69 Å². The highest BCUT2D eigenvalue weighted by Gasteiger charge is 2.22. The highest BCUT2D eigenvalue weighted by atomic mass is 35.5. The van der Waals surface area contributed by atoms with Crippen LogP contribution in [0.25, 0.3) is 23.5 Å². The summed E-state index contributed by atoms with van der Waals surface area (Å²) < 4.78 is 10.5. The zero-order chi connectivity index (χ0) is 18.8. The van der Waals surface area contributed by atoms with Crippen molar-refractivity contribution in [1.29, 1.82) is 0 Å². The lowest BCUT2D eigenvalue weighted by atomic mass is 10.1. The summed E-state index contributed by atoms with van der Waals surface area (Å²) in [5.41, 5.74) is 0.181. The number of furan rings is 1. The van der Waals surface area contributed by atoms with Gasteiger partial charge in [0.25, 0.3) is 5.69 Å². The van der Waals surface area contributed by atoms with E-state index in [1.165, 1.54) is 37.3 Å². The molecule has 3 rings (SSSR count). The van der Waals surface area contributed by atoms with Gasteiger partial charge in [0.15, 0.2) is 5.69 Å². The number of benzene rings is 1. The third-order valence-corrected chi connectivity index (χ3v) is 3.82. The molecule has 0 unspecified atom stereocenters. The normalized spacial score (nSPS) is 11.2. The molecular formula is C16H10ClN3O6. The molecule has 0 N–H and O–H groups in total. The zero-order valence-corrected chi connectivity index (χ0v) is 14.0. The van der Waals surface area contributed by atoms with Crippen LogP contribution in [-0.2, 0) is 0 Å². The van der Waals surface area contributed by atoms with Crippen LogP contribution in [0.4, 0.5) is 11.4 Å². The molecule has 0 amide bonds. The van der Waals surface area contributed by atoms with E-state index in [-0.39, 0.29) is 22.8 Å². The fourth-order valence-electron chi connectivity index (χ4n) is 2.27. The average Bonchev–Trinajstić information content (AvgIpc) is 3.19. The average molecular weight is 376 g/mol. The number of nitrogens with zero attached hydrogens (tertiary/aromatic N) is 3. The molecule has 0 saturated heterocycles. The number of nitro benzene ring substituents is 1. The number of halogens is 1. The maximum absolute atomic E-state index is 11.0. The first-order chi connectivity index (χ1) is 12.4. The summed E-state index contributed by atoms with van der Waals surface area (Å²) in [5, 5.41) is 25.8. The first kappa shape index (κ1) is 17.4. The molecule has 2 aromatic heterocycles. The van der Waals surface area contributed by atoms with Crippen LogP contribution in [0.15, 0.2) is 39.3 Å². The Morgan fingerprint density at radius 2 is 1.88 bits per heavy atom. The van der Waals surface area contributed by atoms with E-state index in [0.717, 1.165) is 0 Å². The molecule has 3 aromatic rings. The molecule has 9 nitrogen and oxygen atoms in total. The molecule has 0 bridgehead atoms. The molecule has 0 atom stereocenters. The van der Waals surface area contributed by atoms with Crippen LogP contribution in [0.5, 0.6) is 0 Å². The quantitative estimate of drug-likeness (QED) is 0.459. The van der Waals surface area contributed by atoms with E-state index in [1.807, 2.05) is 0 Å². The Kier molecular flexibility index (Phi) is 4.55. The minimum atomic E-state index is -0.581. The largest absolute Gasteiger partial charge is 0.457 e. The second-order valence-electron chi connectivity index (χ2n) is 5.19. The van der Waals surface area contributed by atoms with Crippen LogP contribution >= 0.6 is 11.6 Å². The van der Waals surface area contributed by atoms with Gasteiger partial charge in [-0.25, -0.2) is 0 Å². The molecule has 132 valence electrons. The van der Waals surface area contributed by atoms with Gasteiger partial charge in [-0.2, -0.15) is 0 Å². The van der Waals surface area contributed by atoms with Gasteiger partial charge in [0.1, 0.15) is 11.5 Å². The van der Waals surface area contributed by atoms with Gasteiger partial charge in [-0.05, 0) is 37.3 Å². The van der Waals surface area contributed by atoms with E-state index in [0.29, 0.717) is 22.1 Å². The summed E-state index contributed by atoms with van der Waals surface area (Å²) in [7, 11) is 0. The Bertz CT molecular complexity index is 1040. The second kappa shape index (κ2) is 6.81. The fourth-order valence-corrected chi connectivity index (χ4v) is 2.49. The summed E-state index contributed by atoms with van der Waals surface area (Å²) in [4.78, 5) is 20.8. The van der Waals surface area contributed by atoms with Crippen LogP contribution in [0.3, 0.4) is 0 Å². The Morgan fingerprint density at radius 3 is 2.58 bits per heavy atom. The predicted molar refractivity (Wildman–Crippen MR) is 92.6 cm³/mol. The van der Waals surface area contributed by atoms with Gasteiger partial charge in [0.05, 0.1) is 14.9 Å². The Morgan fingerprint density at radius 1 is 1.12 bits per heavy atom. The first-order valence-corrected chi connectivity index (χ1v) is 7.57. The maximum Gasteiger partial charge on any atom is 0.338 e. The monoisotopic (exact) mass is 375 g/mol. The van der Waals surface area contributed by atoms with Crippen LogP contribution in [0, 0.1) is 27.2 Å². The van der Waals surface area contributed by atoms with Gasteiger partial charge in [0, 0.05) is 17.7 Å². The van der Waals surface area contributed by atoms with Gasteiger partial charge in [0.2, 0.25) is 5.76 Å². The Hall–Kier alpha value is -3.46. The summed E-state index contributed by atoms with van der Waals surface area (Å²) >= 11 is 6.08. The lowest BCUT2D eigenvalue weighted by molar-refractivity contribution is -0.386. The van der Waals surface area contributed by atoms with E-state index in [9.17, 15) is 20.2 Å². The van der Waals surface area contributed by atoms with Crippen LogP contribution < -0.4 is 0 Å². The van der Waals surface area contributed by atoms with Gasteiger partial charge in [-0.3, -0.25) is 20.2 Å². The molecule has 0 radical (unpaired) electrons. The molecule has 10 heteroatoms.